The maximum absolute atomic E-state index is 12.5. The van der Waals surface area contributed by atoms with Gasteiger partial charge in [-0.3, -0.25) is 4.79 Å². The molecule has 0 aromatic carbocycles. The molecule has 2 aliphatic rings. The highest BCUT2D eigenvalue weighted by molar-refractivity contribution is 6.29. The SMILES string of the molecule is O=C(c1ccc(Cl)o1)N1CCCC1C1CCCCC1. The van der Waals surface area contributed by atoms with Crippen LogP contribution in [0.3, 0.4) is 0 Å². The van der Waals surface area contributed by atoms with Gasteiger partial charge in [0.1, 0.15) is 0 Å². The number of nitrogens with zero attached hydrogens (tertiary/aromatic N) is 1. The lowest BCUT2D eigenvalue weighted by molar-refractivity contribution is 0.0630. The monoisotopic (exact) mass is 281 g/mol. The summed E-state index contributed by atoms with van der Waals surface area (Å²) in [6.45, 7) is 0.859. The number of hydrogen-bond acceptors (Lipinski definition) is 2. The van der Waals surface area contributed by atoms with Gasteiger partial charge in [0.15, 0.2) is 11.0 Å². The van der Waals surface area contributed by atoms with Crippen molar-refractivity contribution < 1.29 is 9.21 Å². The quantitative estimate of drug-likeness (QED) is 0.817. The molecule has 4 heteroatoms. The zero-order chi connectivity index (χ0) is 13.2. The summed E-state index contributed by atoms with van der Waals surface area (Å²) in [7, 11) is 0. The molecule has 0 spiro atoms. The maximum atomic E-state index is 12.5. The molecule has 2 heterocycles. The predicted molar refractivity (Wildman–Crippen MR) is 74.4 cm³/mol. The van der Waals surface area contributed by atoms with Crippen LogP contribution in [0.4, 0.5) is 0 Å². The lowest BCUT2D eigenvalue weighted by atomic mass is 9.83. The van der Waals surface area contributed by atoms with Crippen LogP contribution in [-0.4, -0.2) is 23.4 Å². The zero-order valence-corrected chi connectivity index (χ0v) is 11.9. The van der Waals surface area contributed by atoms with Crippen molar-refractivity contribution in [2.75, 3.05) is 6.54 Å². The van der Waals surface area contributed by atoms with E-state index in [1.807, 2.05) is 4.90 Å². The standard InChI is InChI=1S/C15H20ClNO2/c16-14-9-8-13(19-14)15(18)17-10-4-7-12(17)11-5-2-1-3-6-11/h8-9,11-12H,1-7,10H2. The van der Waals surface area contributed by atoms with Crippen LogP contribution in [0.25, 0.3) is 0 Å². The van der Waals surface area contributed by atoms with Crippen LogP contribution in [0.15, 0.2) is 16.5 Å². The van der Waals surface area contributed by atoms with E-state index in [1.54, 1.807) is 12.1 Å². The summed E-state index contributed by atoms with van der Waals surface area (Å²) >= 11 is 5.76. The molecule has 1 aromatic heterocycles. The average molecular weight is 282 g/mol. The van der Waals surface area contributed by atoms with E-state index in [1.165, 1.54) is 32.1 Å². The normalized spacial score (nSPS) is 24.9. The summed E-state index contributed by atoms with van der Waals surface area (Å²) in [6, 6.07) is 3.73. The minimum absolute atomic E-state index is 0.0139. The van der Waals surface area contributed by atoms with Crippen molar-refractivity contribution in [1.82, 2.24) is 4.90 Å². The van der Waals surface area contributed by atoms with Crippen molar-refractivity contribution in [1.29, 1.82) is 0 Å². The Kier molecular flexibility index (Phi) is 3.83. The Labute approximate surface area is 118 Å². The number of amides is 1. The Morgan fingerprint density at radius 1 is 1.16 bits per heavy atom. The first kappa shape index (κ1) is 13.0. The van der Waals surface area contributed by atoms with Gasteiger partial charge < -0.3 is 9.32 Å². The number of carbonyl (C=O) groups excluding carboxylic acids is 1. The van der Waals surface area contributed by atoms with Crippen molar-refractivity contribution >= 4 is 17.5 Å². The molecule has 0 N–H and O–H groups in total. The van der Waals surface area contributed by atoms with E-state index < -0.39 is 0 Å². The van der Waals surface area contributed by atoms with Crippen LogP contribution >= 0.6 is 11.6 Å². The number of likely N-dealkylation sites (tertiary alicyclic amines) is 1. The van der Waals surface area contributed by atoms with Crippen LogP contribution in [0.2, 0.25) is 5.22 Å². The fraction of sp³-hybridized carbons (Fsp3) is 0.667. The van der Waals surface area contributed by atoms with Gasteiger partial charge in [0.25, 0.3) is 5.91 Å². The second-order valence-electron chi connectivity index (χ2n) is 5.71. The molecule has 3 nitrogen and oxygen atoms in total. The van der Waals surface area contributed by atoms with E-state index in [0.717, 1.165) is 19.4 Å². The highest BCUT2D eigenvalue weighted by atomic mass is 35.5. The highest BCUT2D eigenvalue weighted by Gasteiger charge is 2.36. The molecule has 1 saturated heterocycles. The Hall–Kier alpha value is -0.960. The van der Waals surface area contributed by atoms with Crippen molar-refractivity contribution in [2.45, 2.75) is 51.0 Å². The Balaban J connectivity index is 1.73. The summed E-state index contributed by atoms with van der Waals surface area (Å²) < 4.78 is 5.27. The lowest BCUT2D eigenvalue weighted by Gasteiger charge is -2.33. The molecule has 1 aromatic rings. The third-order valence-electron chi connectivity index (χ3n) is 4.54. The second kappa shape index (κ2) is 5.58. The summed E-state index contributed by atoms with van der Waals surface area (Å²) in [5.74, 6) is 1.08. The third kappa shape index (κ3) is 2.66. The van der Waals surface area contributed by atoms with Gasteiger partial charge in [-0.1, -0.05) is 19.3 Å². The van der Waals surface area contributed by atoms with Gasteiger partial charge in [-0.2, -0.15) is 0 Å². The Bertz CT molecular complexity index is 451. The molecule has 2 fully saturated rings. The topological polar surface area (TPSA) is 33.5 Å². The van der Waals surface area contributed by atoms with Gasteiger partial charge in [-0.15, -0.1) is 0 Å². The van der Waals surface area contributed by atoms with Crippen LogP contribution in [-0.2, 0) is 0 Å². The van der Waals surface area contributed by atoms with E-state index in [0.29, 0.717) is 17.7 Å². The van der Waals surface area contributed by atoms with Crippen molar-refractivity contribution in [3.63, 3.8) is 0 Å². The highest BCUT2D eigenvalue weighted by Crippen LogP contribution is 2.35. The molecule has 19 heavy (non-hydrogen) atoms. The van der Waals surface area contributed by atoms with Crippen molar-refractivity contribution in [3.8, 4) is 0 Å². The van der Waals surface area contributed by atoms with E-state index in [4.69, 9.17) is 16.0 Å². The molecule has 1 aliphatic heterocycles. The summed E-state index contributed by atoms with van der Waals surface area (Å²) in [6.07, 6.45) is 8.78. The zero-order valence-electron chi connectivity index (χ0n) is 11.1. The second-order valence-corrected chi connectivity index (χ2v) is 6.08. The van der Waals surface area contributed by atoms with Crippen LogP contribution in [0.1, 0.15) is 55.5 Å². The fourth-order valence-corrected chi connectivity index (χ4v) is 3.77. The van der Waals surface area contributed by atoms with Crippen molar-refractivity contribution in [2.24, 2.45) is 5.92 Å². The molecule has 1 amide bonds. The molecule has 1 unspecified atom stereocenters. The van der Waals surface area contributed by atoms with Gasteiger partial charge in [0.05, 0.1) is 0 Å². The molecule has 0 bridgehead atoms. The number of hydrogen-bond donors (Lipinski definition) is 0. The number of carbonyl (C=O) groups is 1. The number of rotatable bonds is 2. The van der Waals surface area contributed by atoms with Gasteiger partial charge in [-0.05, 0) is 55.3 Å². The molecular formula is C15H20ClNO2. The summed E-state index contributed by atoms with van der Waals surface area (Å²) in [4.78, 5) is 14.5. The average Bonchev–Trinajstić information content (AvgIpc) is 3.07. The fourth-order valence-electron chi connectivity index (χ4n) is 3.62. The van der Waals surface area contributed by atoms with E-state index in [9.17, 15) is 4.79 Å². The molecule has 3 rings (SSSR count). The first-order valence-electron chi connectivity index (χ1n) is 7.32. The summed E-state index contributed by atoms with van der Waals surface area (Å²) in [5.41, 5.74) is 0. The smallest absolute Gasteiger partial charge is 0.289 e. The minimum atomic E-state index is 0.0139. The first-order valence-corrected chi connectivity index (χ1v) is 7.70. The van der Waals surface area contributed by atoms with Gasteiger partial charge >= 0.3 is 0 Å². The number of halogens is 1. The minimum Gasteiger partial charge on any atom is -0.440 e. The Morgan fingerprint density at radius 3 is 2.63 bits per heavy atom. The van der Waals surface area contributed by atoms with Crippen LogP contribution < -0.4 is 0 Å². The van der Waals surface area contributed by atoms with E-state index in [2.05, 4.69) is 0 Å². The van der Waals surface area contributed by atoms with Crippen molar-refractivity contribution in [3.05, 3.63) is 23.1 Å². The van der Waals surface area contributed by atoms with Gasteiger partial charge in [-0.25, -0.2) is 0 Å². The molecule has 1 aliphatic carbocycles. The largest absolute Gasteiger partial charge is 0.440 e. The van der Waals surface area contributed by atoms with E-state index in [-0.39, 0.29) is 11.1 Å². The van der Waals surface area contributed by atoms with E-state index >= 15 is 0 Å². The van der Waals surface area contributed by atoms with Crippen LogP contribution in [0.5, 0.6) is 0 Å². The van der Waals surface area contributed by atoms with Gasteiger partial charge in [0.2, 0.25) is 0 Å². The van der Waals surface area contributed by atoms with Crippen LogP contribution in [0, 0.1) is 5.92 Å². The number of furan rings is 1. The predicted octanol–water partition coefficient (Wildman–Crippen LogP) is 4.12. The molecular weight excluding hydrogens is 262 g/mol. The first-order chi connectivity index (χ1) is 9.25. The maximum Gasteiger partial charge on any atom is 0.289 e. The summed E-state index contributed by atoms with van der Waals surface area (Å²) in [5, 5.41) is 0.289. The molecule has 1 atom stereocenters. The lowest BCUT2D eigenvalue weighted by Crippen LogP contribution is -2.40. The Morgan fingerprint density at radius 2 is 1.95 bits per heavy atom. The van der Waals surface area contributed by atoms with Gasteiger partial charge in [0, 0.05) is 12.6 Å². The molecule has 1 saturated carbocycles. The molecule has 104 valence electrons. The third-order valence-corrected chi connectivity index (χ3v) is 4.74. The molecule has 0 radical (unpaired) electrons.